The normalized spacial score (nSPS) is 10.2. The summed E-state index contributed by atoms with van der Waals surface area (Å²) in [6.45, 7) is 7.91. The van der Waals surface area contributed by atoms with E-state index in [4.69, 9.17) is 0 Å². The van der Waals surface area contributed by atoms with Crippen molar-refractivity contribution in [2.45, 2.75) is 27.7 Å². The summed E-state index contributed by atoms with van der Waals surface area (Å²) in [5.41, 5.74) is 10.5. The molecule has 0 fully saturated rings. The summed E-state index contributed by atoms with van der Waals surface area (Å²) in [4.78, 5) is 24.0. The van der Waals surface area contributed by atoms with E-state index in [0.717, 1.165) is 22.4 Å². The molecule has 0 aliphatic heterocycles. The molecular formula is C19H23N3O2. The van der Waals surface area contributed by atoms with Crippen molar-refractivity contribution in [3.8, 4) is 0 Å². The number of nitrogens with one attached hydrogen (secondary N) is 3. The molecular weight excluding hydrogens is 302 g/mol. The number of anilines is 1. The Hall–Kier alpha value is -2.82. The highest BCUT2D eigenvalue weighted by Gasteiger charge is 2.11. The number of carbonyl (C=O) groups excluding carboxylic acids is 2. The zero-order valence-electron chi connectivity index (χ0n) is 14.5. The van der Waals surface area contributed by atoms with Crippen molar-refractivity contribution in [3.05, 3.63) is 64.2 Å². The Labute approximate surface area is 142 Å². The van der Waals surface area contributed by atoms with Gasteiger partial charge in [-0.15, -0.1) is 0 Å². The lowest BCUT2D eigenvalue weighted by molar-refractivity contribution is -0.120. The van der Waals surface area contributed by atoms with Gasteiger partial charge in [0.15, 0.2) is 0 Å². The second-order valence-corrected chi connectivity index (χ2v) is 5.92. The average Bonchev–Trinajstić information content (AvgIpc) is 2.54. The number of hydrazine groups is 1. The van der Waals surface area contributed by atoms with Crippen LogP contribution in [0.1, 0.15) is 32.6 Å². The summed E-state index contributed by atoms with van der Waals surface area (Å²) in [6, 6.07) is 11.5. The minimum atomic E-state index is -0.323. The van der Waals surface area contributed by atoms with E-state index in [1.807, 2.05) is 58.0 Å². The van der Waals surface area contributed by atoms with Crippen LogP contribution in [-0.2, 0) is 4.79 Å². The van der Waals surface area contributed by atoms with Crippen molar-refractivity contribution in [2.75, 3.05) is 11.9 Å². The molecule has 2 aromatic rings. The van der Waals surface area contributed by atoms with E-state index in [9.17, 15) is 9.59 Å². The van der Waals surface area contributed by atoms with Gasteiger partial charge in [-0.3, -0.25) is 20.4 Å². The summed E-state index contributed by atoms with van der Waals surface area (Å²) in [7, 11) is 0. The molecule has 0 unspecified atom stereocenters. The van der Waals surface area contributed by atoms with Gasteiger partial charge in [0.1, 0.15) is 0 Å². The maximum absolute atomic E-state index is 12.1. The predicted octanol–water partition coefficient (Wildman–Crippen LogP) is 2.79. The quantitative estimate of drug-likeness (QED) is 0.757. The van der Waals surface area contributed by atoms with Crippen LogP contribution in [0.3, 0.4) is 0 Å². The highest BCUT2D eigenvalue weighted by molar-refractivity contribution is 5.97. The molecule has 0 spiro atoms. The number of benzene rings is 2. The molecule has 3 N–H and O–H groups in total. The Balaban J connectivity index is 1.87. The number of hydrogen-bond donors (Lipinski definition) is 3. The van der Waals surface area contributed by atoms with Gasteiger partial charge in [-0.1, -0.05) is 29.8 Å². The number of hydrogen-bond acceptors (Lipinski definition) is 3. The molecule has 5 heteroatoms. The summed E-state index contributed by atoms with van der Waals surface area (Å²) >= 11 is 0. The number of amides is 2. The molecule has 2 aromatic carbocycles. The van der Waals surface area contributed by atoms with Gasteiger partial charge in [0.25, 0.3) is 11.8 Å². The third kappa shape index (κ3) is 4.35. The number of aryl methyl sites for hydroxylation is 3. The molecule has 126 valence electrons. The van der Waals surface area contributed by atoms with Crippen LogP contribution in [0.2, 0.25) is 0 Å². The van der Waals surface area contributed by atoms with E-state index in [1.54, 1.807) is 6.07 Å². The summed E-state index contributed by atoms with van der Waals surface area (Å²) in [5.74, 6) is -0.635. The minimum Gasteiger partial charge on any atom is -0.376 e. The summed E-state index contributed by atoms with van der Waals surface area (Å²) < 4.78 is 0. The van der Waals surface area contributed by atoms with Crippen LogP contribution in [0.4, 0.5) is 5.69 Å². The first-order chi connectivity index (χ1) is 11.4. The van der Waals surface area contributed by atoms with Gasteiger partial charge in [-0.05, 0) is 56.5 Å². The minimum absolute atomic E-state index is 0.0803. The standard InChI is InChI=1S/C19H23N3O2/c1-12-8-9-17(14(3)10-12)20-11-18(23)21-22-19(24)16-7-5-6-13(2)15(16)4/h5-10,20H,11H2,1-4H3,(H,21,23)(H,22,24). The van der Waals surface area contributed by atoms with Gasteiger partial charge in [-0.25, -0.2) is 0 Å². The van der Waals surface area contributed by atoms with Gasteiger partial charge in [0.05, 0.1) is 6.54 Å². The molecule has 0 radical (unpaired) electrons. The maximum Gasteiger partial charge on any atom is 0.269 e. The topological polar surface area (TPSA) is 70.2 Å². The monoisotopic (exact) mass is 325 g/mol. The number of rotatable bonds is 4. The Kier molecular flexibility index (Phi) is 5.58. The van der Waals surface area contributed by atoms with Crippen LogP contribution < -0.4 is 16.2 Å². The van der Waals surface area contributed by atoms with E-state index >= 15 is 0 Å². The number of carbonyl (C=O) groups is 2. The first kappa shape index (κ1) is 17.5. The smallest absolute Gasteiger partial charge is 0.269 e. The molecule has 0 saturated carbocycles. The maximum atomic E-state index is 12.1. The van der Waals surface area contributed by atoms with Crippen LogP contribution in [0.25, 0.3) is 0 Å². The molecule has 2 rings (SSSR count). The van der Waals surface area contributed by atoms with Crippen molar-refractivity contribution in [2.24, 2.45) is 0 Å². The zero-order chi connectivity index (χ0) is 17.7. The van der Waals surface area contributed by atoms with Crippen molar-refractivity contribution >= 4 is 17.5 Å². The molecule has 5 nitrogen and oxygen atoms in total. The largest absolute Gasteiger partial charge is 0.376 e. The second kappa shape index (κ2) is 7.64. The van der Waals surface area contributed by atoms with E-state index in [0.29, 0.717) is 5.56 Å². The van der Waals surface area contributed by atoms with Gasteiger partial charge in [0.2, 0.25) is 0 Å². The van der Waals surface area contributed by atoms with Crippen LogP contribution >= 0.6 is 0 Å². The molecule has 0 atom stereocenters. The van der Waals surface area contributed by atoms with Crippen LogP contribution in [0, 0.1) is 27.7 Å². The molecule has 0 heterocycles. The lowest BCUT2D eigenvalue weighted by Crippen LogP contribution is -2.44. The van der Waals surface area contributed by atoms with Crippen molar-refractivity contribution < 1.29 is 9.59 Å². The Morgan fingerprint density at radius 3 is 2.38 bits per heavy atom. The van der Waals surface area contributed by atoms with Gasteiger partial charge >= 0.3 is 0 Å². The Morgan fingerprint density at radius 2 is 1.67 bits per heavy atom. The van der Waals surface area contributed by atoms with Crippen LogP contribution in [-0.4, -0.2) is 18.4 Å². The van der Waals surface area contributed by atoms with Crippen LogP contribution in [0.5, 0.6) is 0 Å². The molecule has 0 saturated heterocycles. The van der Waals surface area contributed by atoms with Crippen molar-refractivity contribution in [1.82, 2.24) is 10.9 Å². The molecule has 0 aliphatic carbocycles. The van der Waals surface area contributed by atoms with E-state index in [1.165, 1.54) is 5.56 Å². The second-order valence-electron chi connectivity index (χ2n) is 5.92. The van der Waals surface area contributed by atoms with E-state index < -0.39 is 0 Å². The van der Waals surface area contributed by atoms with E-state index in [-0.39, 0.29) is 18.4 Å². The highest BCUT2D eigenvalue weighted by Crippen LogP contribution is 2.15. The molecule has 2 amide bonds. The first-order valence-corrected chi connectivity index (χ1v) is 7.85. The van der Waals surface area contributed by atoms with E-state index in [2.05, 4.69) is 16.2 Å². The van der Waals surface area contributed by atoms with Gasteiger partial charge < -0.3 is 5.32 Å². The summed E-state index contributed by atoms with van der Waals surface area (Å²) in [5, 5.41) is 3.06. The fourth-order valence-corrected chi connectivity index (χ4v) is 2.42. The zero-order valence-corrected chi connectivity index (χ0v) is 14.5. The third-order valence-corrected chi connectivity index (χ3v) is 3.99. The fraction of sp³-hybridized carbons (Fsp3) is 0.263. The summed E-state index contributed by atoms with van der Waals surface area (Å²) in [6.07, 6.45) is 0. The molecule has 0 bridgehead atoms. The first-order valence-electron chi connectivity index (χ1n) is 7.85. The molecule has 0 aromatic heterocycles. The Morgan fingerprint density at radius 1 is 0.917 bits per heavy atom. The average molecular weight is 325 g/mol. The molecule has 0 aliphatic rings. The van der Waals surface area contributed by atoms with Gasteiger partial charge in [-0.2, -0.15) is 0 Å². The van der Waals surface area contributed by atoms with Gasteiger partial charge in [0, 0.05) is 11.3 Å². The lowest BCUT2D eigenvalue weighted by Gasteiger charge is -2.12. The Bertz CT molecular complexity index is 769. The fourth-order valence-electron chi connectivity index (χ4n) is 2.42. The van der Waals surface area contributed by atoms with Crippen LogP contribution in [0.15, 0.2) is 36.4 Å². The van der Waals surface area contributed by atoms with Crippen molar-refractivity contribution in [1.29, 1.82) is 0 Å². The SMILES string of the molecule is Cc1ccc(NCC(=O)NNC(=O)c2cccc(C)c2C)c(C)c1. The predicted molar refractivity (Wildman–Crippen MR) is 95.9 cm³/mol. The lowest BCUT2D eigenvalue weighted by atomic mass is 10.0. The highest BCUT2D eigenvalue weighted by atomic mass is 16.2. The third-order valence-electron chi connectivity index (χ3n) is 3.99. The van der Waals surface area contributed by atoms with Crippen molar-refractivity contribution in [3.63, 3.8) is 0 Å². The molecule has 24 heavy (non-hydrogen) atoms.